The molecule has 1 N–H and O–H groups in total. The lowest BCUT2D eigenvalue weighted by Gasteiger charge is -2.21. The molecule has 2 rings (SSSR count). The van der Waals surface area contributed by atoms with Crippen molar-refractivity contribution in [1.82, 2.24) is 4.90 Å². The van der Waals surface area contributed by atoms with Crippen molar-refractivity contribution >= 4 is 17.3 Å². The number of nitro groups is 1. The van der Waals surface area contributed by atoms with E-state index in [1.807, 2.05) is 6.92 Å². The molecule has 6 heteroatoms. The zero-order valence-corrected chi connectivity index (χ0v) is 11.8. The summed E-state index contributed by atoms with van der Waals surface area (Å²) in [5.41, 5.74) is 0.377. The first-order valence-corrected chi connectivity index (χ1v) is 6.82. The molecule has 0 radical (unpaired) electrons. The van der Waals surface area contributed by atoms with Gasteiger partial charge in [0.1, 0.15) is 11.3 Å². The van der Waals surface area contributed by atoms with Gasteiger partial charge in [0.05, 0.1) is 4.92 Å². The Balaban J connectivity index is 2.34. The highest BCUT2D eigenvalue weighted by atomic mass is 16.6. The van der Waals surface area contributed by atoms with Crippen LogP contribution < -0.4 is 5.32 Å². The summed E-state index contributed by atoms with van der Waals surface area (Å²) in [6, 6.07) is 4.79. The number of nitrogens with one attached hydrogen (secondary N) is 1. The van der Waals surface area contributed by atoms with E-state index in [1.54, 1.807) is 24.1 Å². The maximum atomic E-state index is 12.5. The Morgan fingerprint density at radius 2 is 2.20 bits per heavy atom. The van der Waals surface area contributed by atoms with Gasteiger partial charge < -0.3 is 10.2 Å². The van der Waals surface area contributed by atoms with Gasteiger partial charge in [0.2, 0.25) is 0 Å². The van der Waals surface area contributed by atoms with Crippen LogP contribution in [0, 0.1) is 16.0 Å². The van der Waals surface area contributed by atoms with Gasteiger partial charge in [0, 0.05) is 20.1 Å². The van der Waals surface area contributed by atoms with Gasteiger partial charge in [-0.2, -0.15) is 0 Å². The Morgan fingerprint density at radius 1 is 1.50 bits per heavy atom. The third-order valence-corrected chi connectivity index (χ3v) is 3.56. The fourth-order valence-corrected chi connectivity index (χ4v) is 2.25. The summed E-state index contributed by atoms with van der Waals surface area (Å²) < 4.78 is 0. The molecule has 0 saturated heterocycles. The lowest BCUT2D eigenvalue weighted by Crippen LogP contribution is -2.33. The maximum absolute atomic E-state index is 12.5. The van der Waals surface area contributed by atoms with Crippen molar-refractivity contribution < 1.29 is 9.72 Å². The van der Waals surface area contributed by atoms with E-state index < -0.39 is 4.92 Å². The maximum Gasteiger partial charge on any atom is 0.305 e. The number of benzene rings is 1. The molecule has 1 saturated carbocycles. The van der Waals surface area contributed by atoms with Gasteiger partial charge in [-0.25, -0.2) is 0 Å². The number of carbonyl (C=O) groups excluding carboxylic acids is 1. The number of carbonyl (C=O) groups is 1. The first-order valence-electron chi connectivity index (χ1n) is 6.82. The minimum Gasteiger partial charge on any atom is -0.383 e. The lowest BCUT2D eigenvalue weighted by molar-refractivity contribution is -0.384. The molecule has 0 atom stereocenters. The molecule has 20 heavy (non-hydrogen) atoms. The Hall–Kier alpha value is -2.11. The normalized spacial score (nSPS) is 13.9. The number of nitro benzene ring substituents is 1. The summed E-state index contributed by atoms with van der Waals surface area (Å²) in [6.07, 6.45) is 2.28. The van der Waals surface area contributed by atoms with Gasteiger partial charge in [0.25, 0.3) is 5.91 Å². The quantitative estimate of drug-likeness (QED) is 0.640. The van der Waals surface area contributed by atoms with Crippen LogP contribution in [0.1, 0.15) is 30.1 Å². The van der Waals surface area contributed by atoms with Crippen molar-refractivity contribution in [1.29, 1.82) is 0 Å². The molecule has 0 heterocycles. The predicted octanol–water partition coefficient (Wildman–Crippen LogP) is 2.51. The molecule has 0 bridgehead atoms. The van der Waals surface area contributed by atoms with Crippen LogP contribution in [-0.4, -0.2) is 35.9 Å². The minimum atomic E-state index is -0.496. The third kappa shape index (κ3) is 2.89. The van der Waals surface area contributed by atoms with Crippen LogP contribution in [0.4, 0.5) is 11.4 Å². The molecule has 1 aliphatic rings. The molecule has 1 fully saturated rings. The third-order valence-electron chi connectivity index (χ3n) is 3.56. The summed E-state index contributed by atoms with van der Waals surface area (Å²) >= 11 is 0. The lowest BCUT2D eigenvalue weighted by atomic mass is 10.1. The SMILES string of the molecule is CCN(CC1CC1)C(=O)c1cccc(NC)c1[N+](=O)[O-]. The van der Waals surface area contributed by atoms with Crippen LogP contribution in [0.25, 0.3) is 0 Å². The van der Waals surface area contributed by atoms with E-state index in [4.69, 9.17) is 0 Å². The van der Waals surface area contributed by atoms with E-state index >= 15 is 0 Å². The monoisotopic (exact) mass is 277 g/mol. The van der Waals surface area contributed by atoms with Crippen molar-refractivity contribution in [3.05, 3.63) is 33.9 Å². The van der Waals surface area contributed by atoms with Gasteiger partial charge in [-0.3, -0.25) is 14.9 Å². The molecule has 1 amide bonds. The van der Waals surface area contributed by atoms with E-state index in [1.165, 1.54) is 6.07 Å². The Kier molecular flexibility index (Phi) is 4.22. The summed E-state index contributed by atoms with van der Waals surface area (Å²) in [5, 5.41) is 14.0. The van der Waals surface area contributed by atoms with E-state index in [2.05, 4.69) is 5.32 Å². The first-order chi connectivity index (χ1) is 9.58. The zero-order chi connectivity index (χ0) is 14.7. The van der Waals surface area contributed by atoms with Crippen LogP contribution in [0.2, 0.25) is 0 Å². The van der Waals surface area contributed by atoms with E-state index in [9.17, 15) is 14.9 Å². The average Bonchev–Trinajstić information content (AvgIpc) is 3.26. The molecule has 1 aliphatic carbocycles. The van der Waals surface area contributed by atoms with Crippen LogP contribution in [0.5, 0.6) is 0 Å². The standard InChI is InChI=1S/C14H19N3O3/c1-3-16(9-10-7-8-10)14(18)11-5-4-6-12(15-2)13(11)17(19)20/h4-6,10,15H,3,7-9H2,1-2H3. The average molecular weight is 277 g/mol. The van der Waals surface area contributed by atoms with Crippen LogP contribution in [0.15, 0.2) is 18.2 Å². The van der Waals surface area contributed by atoms with Gasteiger partial charge in [-0.1, -0.05) is 6.07 Å². The second kappa shape index (κ2) is 5.90. The minimum absolute atomic E-state index is 0.144. The van der Waals surface area contributed by atoms with Crippen molar-refractivity contribution in [2.75, 3.05) is 25.5 Å². The molecule has 0 spiro atoms. The van der Waals surface area contributed by atoms with Crippen molar-refractivity contribution in [2.45, 2.75) is 19.8 Å². The number of anilines is 1. The molecular formula is C14H19N3O3. The second-order valence-electron chi connectivity index (χ2n) is 5.00. The van der Waals surface area contributed by atoms with Crippen LogP contribution in [-0.2, 0) is 0 Å². The molecular weight excluding hydrogens is 258 g/mol. The smallest absolute Gasteiger partial charge is 0.305 e. The zero-order valence-electron chi connectivity index (χ0n) is 11.8. The fraction of sp³-hybridized carbons (Fsp3) is 0.500. The largest absolute Gasteiger partial charge is 0.383 e. The van der Waals surface area contributed by atoms with Gasteiger partial charge in [-0.05, 0) is 37.8 Å². The number of rotatable bonds is 6. The number of nitrogens with zero attached hydrogens (tertiary/aromatic N) is 2. The first kappa shape index (κ1) is 14.3. The van der Waals surface area contributed by atoms with E-state index in [0.29, 0.717) is 24.7 Å². The summed E-state index contributed by atoms with van der Waals surface area (Å²) in [7, 11) is 1.61. The van der Waals surface area contributed by atoms with Crippen molar-refractivity contribution in [3.8, 4) is 0 Å². The van der Waals surface area contributed by atoms with Gasteiger partial charge in [0.15, 0.2) is 0 Å². The molecule has 0 aliphatic heterocycles. The highest BCUT2D eigenvalue weighted by Gasteiger charge is 2.30. The van der Waals surface area contributed by atoms with Gasteiger partial charge in [-0.15, -0.1) is 0 Å². The fourth-order valence-electron chi connectivity index (χ4n) is 2.25. The van der Waals surface area contributed by atoms with Crippen molar-refractivity contribution in [3.63, 3.8) is 0 Å². The van der Waals surface area contributed by atoms with E-state index in [-0.39, 0.29) is 17.2 Å². The second-order valence-corrected chi connectivity index (χ2v) is 5.00. The van der Waals surface area contributed by atoms with Crippen LogP contribution in [0.3, 0.4) is 0 Å². The topological polar surface area (TPSA) is 75.5 Å². The van der Waals surface area contributed by atoms with Crippen LogP contribution >= 0.6 is 0 Å². The van der Waals surface area contributed by atoms with E-state index in [0.717, 1.165) is 12.8 Å². The summed E-state index contributed by atoms with van der Waals surface area (Å²) in [4.78, 5) is 25.0. The van der Waals surface area contributed by atoms with Gasteiger partial charge >= 0.3 is 5.69 Å². The Bertz CT molecular complexity index is 526. The Labute approximate surface area is 117 Å². The number of para-hydroxylation sites is 1. The summed E-state index contributed by atoms with van der Waals surface area (Å²) in [5.74, 6) is 0.300. The number of amides is 1. The molecule has 6 nitrogen and oxygen atoms in total. The molecule has 0 unspecified atom stereocenters. The molecule has 1 aromatic rings. The molecule has 1 aromatic carbocycles. The Morgan fingerprint density at radius 3 is 2.70 bits per heavy atom. The summed E-state index contributed by atoms with van der Waals surface area (Å²) in [6.45, 7) is 3.15. The molecule has 108 valence electrons. The number of hydrogen-bond donors (Lipinski definition) is 1. The highest BCUT2D eigenvalue weighted by Crippen LogP contribution is 2.32. The molecule has 0 aromatic heterocycles. The van der Waals surface area contributed by atoms with Crippen molar-refractivity contribution in [2.24, 2.45) is 5.92 Å². The predicted molar refractivity (Wildman–Crippen MR) is 76.9 cm³/mol. The highest BCUT2D eigenvalue weighted by molar-refractivity contribution is 6.00. The number of hydrogen-bond acceptors (Lipinski definition) is 4.